The third kappa shape index (κ3) is 3.64. The number of hydrogen-bond acceptors (Lipinski definition) is 6. The molecule has 27 heavy (non-hydrogen) atoms. The largest absolute Gasteiger partial charge is 0.507 e. The number of phenolic OH excluding ortho intramolecular Hbond substituents is 1. The minimum atomic E-state index is 0.284. The van der Waals surface area contributed by atoms with E-state index >= 15 is 0 Å². The highest BCUT2D eigenvalue weighted by Crippen LogP contribution is 2.38. The number of benzene rings is 1. The maximum atomic E-state index is 10.6. The van der Waals surface area contributed by atoms with Crippen LogP contribution in [0.25, 0.3) is 21.3 Å². The van der Waals surface area contributed by atoms with Gasteiger partial charge in [0, 0.05) is 34.3 Å². The third-order valence-electron chi connectivity index (χ3n) is 5.38. The van der Waals surface area contributed by atoms with Crippen molar-refractivity contribution < 1.29 is 5.11 Å². The van der Waals surface area contributed by atoms with E-state index in [0.717, 1.165) is 45.7 Å². The average molecular weight is 383 g/mol. The zero-order valence-electron chi connectivity index (χ0n) is 16.1. The minimum Gasteiger partial charge on any atom is -0.507 e. The lowest BCUT2D eigenvalue weighted by Crippen LogP contribution is -2.45. The van der Waals surface area contributed by atoms with Crippen molar-refractivity contribution in [1.29, 1.82) is 0 Å². The van der Waals surface area contributed by atoms with Crippen LogP contribution in [0.3, 0.4) is 0 Å². The Morgan fingerprint density at radius 1 is 1.26 bits per heavy atom. The molecule has 142 valence electrons. The molecule has 5 nitrogen and oxygen atoms in total. The van der Waals surface area contributed by atoms with E-state index < -0.39 is 0 Å². The number of aryl methyl sites for hydroxylation is 1. The van der Waals surface area contributed by atoms with Gasteiger partial charge >= 0.3 is 0 Å². The number of aromatic hydroxyl groups is 1. The predicted molar refractivity (Wildman–Crippen MR) is 113 cm³/mol. The van der Waals surface area contributed by atoms with Crippen LogP contribution in [0, 0.1) is 6.92 Å². The number of thiophene rings is 1. The Morgan fingerprint density at radius 3 is 2.89 bits per heavy atom. The average Bonchev–Trinajstić information content (AvgIpc) is 3.13. The molecule has 1 aliphatic heterocycles. The molecule has 0 amide bonds. The highest BCUT2D eigenvalue weighted by Gasteiger charge is 2.22. The van der Waals surface area contributed by atoms with Crippen molar-refractivity contribution in [3.8, 4) is 17.0 Å². The van der Waals surface area contributed by atoms with Gasteiger partial charge in [-0.05, 0) is 75.4 Å². The maximum absolute atomic E-state index is 10.6. The minimum absolute atomic E-state index is 0.284. The number of likely N-dealkylation sites (tertiary alicyclic amines) is 1. The first-order valence-electron chi connectivity index (χ1n) is 9.57. The van der Waals surface area contributed by atoms with E-state index in [1.54, 1.807) is 11.3 Å². The Labute approximate surface area is 164 Å². The molecule has 4 rings (SSSR count). The summed E-state index contributed by atoms with van der Waals surface area (Å²) in [6.07, 6.45) is 2.36. The van der Waals surface area contributed by atoms with Gasteiger partial charge in [-0.15, -0.1) is 21.5 Å². The summed E-state index contributed by atoms with van der Waals surface area (Å²) in [6.45, 7) is 8.73. The van der Waals surface area contributed by atoms with Gasteiger partial charge < -0.3 is 10.4 Å². The van der Waals surface area contributed by atoms with Crippen LogP contribution >= 0.6 is 11.3 Å². The second-order valence-corrected chi connectivity index (χ2v) is 8.58. The van der Waals surface area contributed by atoms with Gasteiger partial charge in [-0.1, -0.05) is 0 Å². The highest BCUT2D eigenvalue weighted by atomic mass is 32.1. The number of nitrogens with zero attached hydrogens (tertiary/aromatic N) is 3. The quantitative estimate of drug-likeness (QED) is 0.687. The molecule has 0 bridgehead atoms. The van der Waals surface area contributed by atoms with E-state index in [1.807, 2.05) is 36.6 Å². The summed E-state index contributed by atoms with van der Waals surface area (Å²) in [5.74, 6) is 1.09. The van der Waals surface area contributed by atoms with Crippen molar-refractivity contribution in [2.75, 3.05) is 18.4 Å². The van der Waals surface area contributed by atoms with Crippen molar-refractivity contribution in [3.63, 3.8) is 0 Å². The number of rotatable bonds is 4. The van der Waals surface area contributed by atoms with Crippen LogP contribution in [0.1, 0.15) is 32.3 Å². The molecule has 3 heterocycles. The molecular weight excluding hydrogens is 356 g/mol. The van der Waals surface area contributed by atoms with Crippen LogP contribution in [0.4, 0.5) is 5.82 Å². The van der Waals surface area contributed by atoms with Crippen molar-refractivity contribution in [3.05, 3.63) is 35.2 Å². The molecule has 0 radical (unpaired) electrons. The van der Waals surface area contributed by atoms with Crippen molar-refractivity contribution in [1.82, 2.24) is 15.1 Å². The van der Waals surface area contributed by atoms with Gasteiger partial charge in [0.15, 0.2) is 0 Å². The fraction of sp³-hybridized carbons (Fsp3) is 0.429. The maximum Gasteiger partial charge on any atom is 0.149 e. The van der Waals surface area contributed by atoms with E-state index in [9.17, 15) is 5.11 Å². The smallest absolute Gasteiger partial charge is 0.149 e. The summed E-state index contributed by atoms with van der Waals surface area (Å²) in [6, 6.07) is 8.91. The van der Waals surface area contributed by atoms with E-state index in [0.29, 0.717) is 12.1 Å². The van der Waals surface area contributed by atoms with Gasteiger partial charge in [0.25, 0.3) is 0 Å². The van der Waals surface area contributed by atoms with Crippen LogP contribution in [0.2, 0.25) is 0 Å². The number of anilines is 1. The Bertz CT molecular complexity index is 953. The number of fused-ring (bicyclic) bond motifs is 1. The summed E-state index contributed by atoms with van der Waals surface area (Å²) >= 11 is 1.62. The fourth-order valence-corrected chi connectivity index (χ4v) is 4.63. The molecule has 1 fully saturated rings. The van der Waals surface area contributed by atoms with Gasteiger partial charge in [0.2, 0.25) is 0 Å². The number of aromatic nitrogens is 2. The Hall–Kier alpha value is -2.18. The monoisotopic (exact) mass is 382 g/mol. The van der Waals surface area contributed by atoms with Crippen molar-refractivity contribution >= 4 is 27.2 Å². The lowest BCUT2D eigenvalue weighted by Gasteiger charge is -2.35. The first-order chi connectivity index (χ1) is 13.0. The molecule has 0 aliphatic carbocycles. The standard InChI is InChI=1S/C21H26N4OS/c1-13(2)25-9-4-5-15(12-25)22-19-11-14(3)20(24-23-19)17-6-7-18-16(21(17)26)8-10-27-18/h6-8,10-11,13,15,26H,4-5,9,12H2,1-3H3,(H,22,23). The van der Waals surface area contributed by atoms with E-state index in [-0.39, 0.29) is 5.75 Å². The Balaban J connectivity index is 1.56. The Kier molecular flexibility index (Phi) is 5.02. The van der Waals surface area contributed by atoms with Gasteiger partial charge in [-0.3, -0.25) is 4.90 Å². The summed E-state index contributed by atoms with van der Waals surface area (Å²) in [4.78, 5) is 2.50. The van der Waals surface area contributed by atoms with Crippen LogP contribution in [0.5, 0.6) is 5.75 Å². The van der Waals surface area contributed by atoms with E-state index in [1.165, 1.54) is 13.0 Å². The molecule has 1 unspecified atom stereocenters. The fourth-order valence-electron chi connectivity index (χ4n) is 3.84. The molecule has 6 heteroatoms. The summed E-state index contributed by atoms with van der Waals surface area (Å²) in [5.41, 5.74) is 2.48. The van der Waals surface area contributed by atoms with Crippen LogP contribution < -0.4 is 5.32 Å². The van der Waals surface area contributed by atoms with Crippen molar-refractivity contribution in [2.45, 2.75) is 45.7 Å². The second-order valence-electron chi connectivity index (χ2n) is 7.63. The van der Waals surface area contributed by atoms with Gasteiger partial charge in [0.1, 0.15) is 11.6 Å². The normalized spacial score (nSPS) is 18.3. The second kappa shape index (κ2) is 7.44. The SMILES string of the molecule is Cc1cc(NC2CCCN(C(C)C)C2)nnc1-c1ccc2sccc2c1O. The first-order valence-corrected chi connectivity index (χ1v) is 10.5. The lowest BCUT2D eigenvalue weighted by atomic mass is 10.0. The number of piperidine rings is 1. The molecule has 0 saturated carbocycles. The van der Waals surface area contributed by atoms with Gasteiger partial charge in [-0.25, -0.2) is 0 Å². The lowest BCUT2D eigenvalue weighted by molar-refractivity contribution is 0.174. The molecule has 1 atom stereocenters. The number of hydrogen-bond donors (Lipinski definition) is 2. The molecule has 1 saturated heterocycles. The molecule has 3 aromatic rings. The van der Waals surface area contributed by atoms with Crippen LogP contribution in [0.15, 0.2) is 29.6 Å². The summed E-state index contributed by atoms with van der Waals surface area (Å²) < 4.78 is 1.08. The highest BCUT2D eigenvalue weighted by molar-refractivity contribution is 7.17. The van der Waals surface area contributed by atoms with Gasteiger partial charge in [0.05, 0.1) is 5.69 Å². The number of nitrogens with one attached hydrogen (secondary N) is 1. The van der Waals surface area contributed by atoms with Crippen molar-refractivity contribution in [2.24, 2.45) is 0 Å². The molecule has 2 N–H and O–H groups in total. The van der Waals surface area contributed by atoms with Crippen LogP contribution in [-0.2, 0) is 0 Å². The number of phenols is 1. The van der Waals surface area contributed by atoms with Gasteiger partial charge in [-0.2, -0.15) is 0 Å². The zero-order chi connectivity index (χ0) is 19.0. The molecule has 0 spiro atoms. The molecular formula is C21H26N4OS. The summed E-state index contributed by atoms with van der Waals surface area (Å²) in [7, 11) is 0. The topological polar surface area (TPSA) is 61.3 Å². The van der Waals surface area contributed by atoms with E-state index in [4.69, 9.17) is 0 Å². The molecule has 1 aliphatic rings. The molecule has 2 aromatic heterocycles. The predicted octanol–water partition coefficient (Wildman–Crippen LogP) is 4.66. The third-order valence-corrected chi connectivity index (χ3v) is 6.26. The molecule has 1 aromatic carbocycles. The Morgan fingerprint density at radius 2 is 2.11 bits per heavy atom. The summed E-state index contributed by atoms with van der Waals surface area (Å²) in [5, 5.41) is 25.9. The first kappa shape index (κ1) is 18.2. The van der Waals surface area contributed by atoms with E-state index in [2.05, 4.69) is 34.3 Å². The van der Waals surface area contributed by atoms with Crippen LogP contribution in [-0.4, -0.2) is 45.4 Å². The zero-order valence-corrected chi connectivity index (χ0v) is 16.9.